The average Bonchev–Trinajstić information content (AvgIpc) is 2.99. The second-order valence-corrected chi connectivity index (χ2v) is 4.99. The number of nitrogens with one attached hydrogen (secondary N) is 1. The lowest BCUT2D eigenvalue weighted by atomic mass is 10.1. The Morgan fingerprint density at radius 3 is 2.77 bits per heavy atom. The molecule has 0 saturated carbocycles. The van der Waals surface area contributed by atoms with E-state index in [4.69, 9.17) is 0 Å². The van der Waals surface area contributed by atoms with Gasteiger partial charge in [-0.25, -0.2) is 0 Å². The Hall–Kier alpha value is -3.15. The van der Waals surface area contributed by atoms with Gasteiger partial charge in [0.1, 0.15) is 5.75 Å². The van der Waals surface area contributed by atoms with E-state index in [1.807, 2.05) is 19.1 Å². The molecule has 0 bridgehead atoms. The Morgan fingerprint density at radius 2 is 2.00 bits per heavy atom. The monoisotopic (exact) mass is 295 g/mol. The zero-order valence-electron chi connectivity index (χ0n) is 11.8. The van der Waals surface area contributed by atoms with Crippen molar-refractivity contribution in [1.29, 1.82) is 0 Å². The molecule has 0 amide bonds. The van der Waals surface area contributed by atoms with Crippen molar-refractivity contribution in [2.24, 2.45) is 0 Å². The topological polar surface area (TPSA) is 92.1 Å². The number of benzene rings is 2. The summed E-state index contributed by atoms with van der Waals surface area (Å²) in [4.78, 5) is 10.4. The number of aromatic nitrogens is 2. The van der Waals surface area contributed by atoms with E-state index in [1.54, 1.807) is 24.3 Å². The Labute approximate surface area is 126 Å². The van der Waals surface area contributed by atoms with Crippen molar-refractivity contribution in [3.05, 3.63) is 64.2 Å². The fourth-order valence-electron chi connectivity index (χ4n) is 2.25. The maximum Gasteiger partial charge on any atom is 0.270 e. The highest BCUT2D eigenvalue weighted by molar-refractivity contribution is 5.73. The van der Waals surface area contributed by atoms with Crippen LogP contribution in [-0.2, 0) is 0 Å². The molecule has 22 heavy (non-hydrogen) atoms. The number of non-ortho nitro benzene ring substituents is 1. The molecule has 110 valence electrons. The highest BCUT2D eigenvalue weighted by Gasteiger charge is 2.12. The first kappa shape index (κ1) is 13.8. The van der Waals surface area contributed by atoms with Crippen LogP contribution in [0, 0.1) is 17.0 Å². The second-order valence-electron chi connectivity index (χ2n) is 4.99. The SMILES string of the molecule is Cc1ccc(O)c(-c2cc(-c3cccc([N+](=O)[O-])c3)n[nH]2)c1. The summed E-state index contributed by atoms with van der Waals surface area (Å²) in [5, 5.41) is 27.8. The fraction of sp³-hybridized carbons (Fsp3) is 0.0625. The molecule has 0 unspecified atom stereocenters. The molecule has 0 atom stereocenters. The van der Waals surface area contributed by atoms with Crippen LogP contribution in [0.3, 0.4) is 0 Å². The summed E-state index contributed by atoms with van der Waals surface area (Å²) in [5.41, 5.74) is 3.55. The van der Waals surface area contributed by atoms with Crippen LogP contribution in [0.5, 0.6) is 5.75 Å². The Bertz CT molecular complexity index is 855. The first-order valence-electron chi connectivity index (χ1n) is 6.65. The van der Waals surface area contributed by atoms with E-state index in [9.17, 15) is 15.2 Å². The van der Waals surface area contributed by atoms with Crippen molar-refractivity contribution >= 4 is 5.69 Å². The molecule has 0 aliphatic carbocycles. The van der Waals surface area contributed by atoms with Crippen molar-refractivity contribution in [2.75, 3.05) is 0 Å². The number of hydrogen-bond donors (Lipinski definition) is 2. The van der Waals surface area contributed by atoms with Gasteiger partial charge in [-0.1, -0.05) is 23.8 Å². The van der Waals surface area contributed by atoms with Crippen LogP contribution in [0.25, 0.3) is 22.5 Å². The number of aryl methyl sites for hydroxylation is 1. The van der Waals surface area contributed by atoms with Crippen LogP contribution in [0.2, 0.25) is 0 Å². The van der Waals surface area contributed by atoms with Crippen molar-refractivity contribution in [3.8, 4) is 28.3 Å². The van der Waals surface area contributed by atoms with E-state index in [2.05, 4.69) is 10.2 Å². The number of phenolic OH excluding ortho intramolecular Hbond substituents is 1. The molecule has 0 saturated heterocycles. The summed E-state index contributed by atoms with van der Waals surface area (Å²) >= 11 is 0. The highest BCUT2D eigenvalue weighted by Crippen LogP contribution is 2.31. The quantitative estimate of drug-likeness (QED) is 0.569. The molecule has 0 aliphatic heterocycles. The predicted molar refractivity (Wildman–Crippen MR) is 82.5 cm³/mol. The summed E-state index contributed by atoms with van der Waals surface area (Å²) in [6.07, 6.45) is 0. The molecule has 3 aromatic rings. The average molecular weight is 295 g/mol. The number of H-pyrrole nitrogens is 1. The summed E-state index contributed by atoms with van der Waals surface area (Å²) in [7, 11) is 0. The first-order valence-corrected chi connectivity index (χ1v) is 6.65. The summed E-state index contributed by atoms with van der Waals surface area (Å²) in [6.45, 7) is 1.93. The molecular formula is C16H13N3O3. The van der Waals surface area contributed by atoms with Crippen molar-refractivity contribution in [1.82, 2.24) is 10.2 Å². The third-order valence-electron chi connectivity index (χ3n) is 3.37. The first-order chi connectivity index (χ1) is 10.5. The standard InChI is InChI=1S/C16H13N3O3/c1-10-5-6-16(20)13(7-10)15-9-14(17-18-15)11-3-2-4-12(8-11)19(21)22/h2-9,20H,1H3,(H,17,18). The number of rotatable bonds is 3. The molecule has 6 heteroatoms. The zero-order valence-corrected chi connectivity index (χ0v) is 11.8. The maximum absolute atomic E-state index is 10.8. The lowest BCUT2D eigenvalue weighted by Crippen LogP contribution is -1.88. The minimum atomic E-state index is -0.441. The lowest BCUT2D eigenvalue weighted by molar-refractivity contribution is -0.384. The molecule has 1 heterocycles. The van der Waals surface area contributed by atoms with Gasteiger partial charge in [-0.2, -0.15) is 5.10 Å². The van der Waals surface area contributed by atoms with Gasteiger partial charge in [0, 0.05) is 23.3 Å². The van der Waals surface area contributed by atoms with E-state index in [-0.39, 0.29) is 11.4 Å². The minimum Gasteiger partial charge on any atom is -0.507 e. The van der Waals surface area contributed by atoms with Gasteiger partial charge in [-0.15, -0.1) is 0 Å². The van der Waals surface area contributed by atoms with E-state index in [0.717, 1.165) is 5.56 Å². The lowest BCUT2D eigenvalue weighted by Gasteiger charge is -2.02. The summed E-state index contributed by atoms with van der Waals surface area (Å²) in [5.74, 6) is 0.153. The zero-order chi connectivity index (χ0) is 15.7. The third kappa shape index (κ3) is 2.54. The Balaban J connectivity index is 2.02. The molecule has 3 rings (SSSR count). The smallest absolute Gasteiger partial charge is 0.270 e. The highest BCUT2D eigenvalue weighted by atomic mass is 16.6. The normalized spacial score (nSPS) is 10.6. The van der Waals surface area contributed by atoms with Gasteiger partial charge < -0.3 is 5.11 Å². The number of hydrogen-bond acceptors (Lipinski definition) is 4. The predicted octanol–water partition coefficient (Wildman–Crippen LogP) is 3.67. The fourth-order valence-corrected chi connectivity index (χ4v) is 2.25. The third-order valence-corrected chi connectivity index (χ3v) is 3.37. The van der Waals surface area contributed by atoms with Gasteiger partial charge in [0.2, 0.25) is 0 Å². The second kappa shape index (κ2) is 5.33. The van der Waals surface area contributed by atoms with Gasteiger partial charge in [0.25, 0.3) is 5.69 Å². The van der Waals surface area contributed by atoms with Crippen LogP contribution < -0.4 is 0 Å². The number of nitro benzene ring substituents is 1. The molecule has 0 spiro atoms. The van der Waals surface area contributed by atoms with Gasteiger partial charge in [0.05, 0.1) is 16.3 Å². The Kier molecular flexibility index (Phi) is 3.34. The molecule has 0 aliphatic rings. The van der Waals surface area contributed by atoms with E-state index in [1.165, 1.54) is 12.1 Å². The molecule has 2 aromatic carbocycles. The minimum absolute atomic E-state index is 0.0143. The van der Waals surface area contributed by atoms with Crippen LogP contribution >= 0.6 is 0 Å². The van der Waals surface area contributed by atoms with E-state index < -0.39 is 4.92 Å². The molecular weight excluding hydrogens is 282 g/mol. The number of aromatic hydroxyl groups is 1. The summed E-state index contributed by atoms with van der Waals surface area (Å²) in [6, 6.07) is 13.3. The van der Waals surface area contributed by atoms with Gasteiger partial charge in [0.15, 0.2) is 0 Å². The van der Waals surface area contributed by atoms with Gasteiger partial charge in [-0.05, 0) is 25.1 Å². The van der Waals surface area contributed by atoms with Crippen LogP contribution in [0.15, 0.2) is 48.5 Å². The van der Waals surface area contributed by atoms with E-state index >= 15 is 0 Å². The number of phenols is 1. The van der Waals surface area contributed by atoms with Gasteiger partial charge >= 0.3 is 0 Å². The molecule has 2 N–H and O–H groups in total. The number of aromatic amines is 1. The number of nitrogens with zero attached hydrogens (tertiary/aromatic N) is 2. The van der Waals surface area contributed by atoms with Crippen molar-refractivity contribution < 1.29 is 10.0 Å². The summed E-state index contributed by atoms with van der Waals surface area (Å²) < 4.78 is 0. The molecule has 0 radical (unpaired) electrons. The maximum atomic E-state index is 10.8. The molecule has 0 fully saturated rings. The van der Waals surface area contributed by atoms with E-state index in [0.29, 0.717) is 22.5 Å². The van der Waals surface area contributed by atoms with Crippen LogP contribution in [0.1, 0.15) is 5.56 Å². The van der Waals surface area contributed by atoms with Gasteiger partial charge in [-0.3, -0.25) is 15.2 Å². The number of nitro groups is 1. The van der Waals surface area contributed by atoms with Crippen LogP contribution in [0.4, 0.5) is 5.69 Å². The largest absolute Gasteiger partial charge is 0.507 e. The van der Waals surface area contributed by atoms with Crippen molar-refractivity contribution in [2.45, 2.75) is 6.92 Å². The Morgan fingerprint density at radius 1 is 1.18 bits per heavy atom. The molecule has 1 aromatic heterocycles. The molecule has 6 nitrogen and oxygen atoms in total. The van der Waals surface area contributed by atoms with Crippen molar-refractivity contribution in [3.63, 3.8) is 0 Å². The van der Waals surface area contributed by atoms with Crippen LogP contribution in [-0.4, -0.2) is 20.2 Å².